The maximum atomic E-state index is 12.2. The molecule has 0 bridgehead atoms. The van der Waals surface area contributed by atoms with Crippen LogP contribution in [-0.4, -0.2) is 29.9 Å². The number of amides is 1. The zero-order chi connectivity index (χ0) is 20.8. The summed E-state index contributed by atoms with van der Waals surface area (Å²) in [4.78, 5) is 12.2. The van der Waals surface area contributed by atoms with E-state index in [-0.39, 0.29) is 5.91 Å². The summed E-state index contributed by atoms with van der Waals surface area (Å²) in [5.41, 5.74) is 2.42. The van der Waals surface area contributed by atoms with E-state index in [1.165, 1.54) is 6.08 Å². The van der Waals surface area contributed by atoms with Crippen LogP contribution in [0.5, 0.6) is 11.5 Å². The topological polar surface area (TPSA) is 65.4 Å². The van der Waals surface area contributed by atoms with Gasteiger partial charge in [0.1, 0.15) is 5.15 Å². The van der Waals surface area contributed by atoms with Crippen molar-refractivity contribution in [1.29, 1.82) is 0 Å². The quantitative estimate of drug-likeness (QED) is 0.572. The summed E-state index contributed by atoms with van der Waals surface area (Å²) >= 11 is 9.88. The summed E-state index contributed by atoms with van der Waals surface area (Å²) in [6.45, 7) is 7.14. The number of aryl methyl sites for hydroxylation is 1. The summed E-state index contributed by atoms with van der Waals surface area (Å²) in [7, 11) is 3.15. The molecular formula is C20H25BrClN3O3. The van der Waals surface area contributed by atoms with Gasteiger partial charge in [-0.15, -0.1) is 0 Å². The number of aromatic nitrogens is 2. The van der Waals surface area contributed by atoms with E-state index in [0.717, 1.165) is 27.8 Å². The van der Waals surface area contributed by atoms with Gasteiger partial charge in [-0.2, -0.15) is 5.10 Å². The molecule has 0 radical (unpaired) electrons. The number of nitrogens with zero attached hydrogens (tertiary/aromatic N) is 2. The van der Waals surface area contributed by atoms with E-state index in [2.05, 4.69) is 40.2 Å². The molecule has 0 aliphatic carbocycles. The summed E-state index contributed by atoms with van der Waals surface area (Å²) in [5, 5.41) is 7.83. The van der Waals surface area contributed by atoms with E-state index in [9.17, 15) is 4.79 Å². The number of carbonyl (C=O) groups is 1. The van der Waals surface area contributed by atoms with Crippen LogP contribution in [0.25, 0.3) is 6.08 Å². The second kappa shape index (κ2) is 9.98. The van der Waals surface area contributed by atoms with Crippen molar-refractivity contribution >= 4 is 39.5 Å². The van der Waals surface area contributed by atoms with Crippen LogP contribution in [0.1, 0.15) is 30.7 Å². The van der Waals surface area contributed by atoms with E-state index < -0.39 is 0 Å². The number of hydrogen-bond donors (Lipinski definition) is 1. The number of hydrogen-bond acceptors (Lipinski definition) is 4. The molecule has 0 saturated heterocycles. The standard InChI is InChI=1S/C20H25BrClN3O3/c1-12(2)11-25-20(22)15(13(3)24-25)6-7-19(26)23-10-14-8-17(27-4)18(28-5)9-16(14)21/h6-9,12H,10-11H2,1-5H3,(H,23,26)/b7-6+. The van der Waals surface area contributed by atoms with Gasteiger partial charge >= 0.3 is 0 Å². The van der Waals surface area contributed by atoms with Gasteiger partial charge in [0.25, 0.3) is 0 Å². The molecule has 1 heterocycles. The molecule has 8 heteroatoms. The lowest BCUT2D eigenvalue weighted by molar-refractivity contribution is -0.116. The molecule has 2 aromatic rings. The Morgan fingerprint density at radius 1 is 1.32 bits per heavy atom. The van der Waals surface area contributed by atoms with Crippen molar-refractivity contribution in [2.75, 3.05) is 14.2 Å². The van der Waals surface area contributed by atoms with Crippen molar-refractivity contribution in [3.63, 3.8) is 0 Å². The lowest BCUT2D eigenvalue weighted by atomic mass is 10.2. The predicted octanol–water partition coefficient (Wildman–Crippen LogP) is 4.61. The van der Waals surface area contributed by atoms with Gasteiger partial charge in [-0.1, -0.05) is 41.4 Å². The Morgan fingerprint density at radius 2 is 1.96 bits per heavy atom. The molecule has 6 nitrogen and oxygen atoms in total. The second-order valence-corrected chi connectivity index (χ2v) is 7.93. The Morgan fingerprint density at radius 3 is 2.57 bits per heavy atom. The molecule has 1 aromatic carbocycles. The highest BCUT2D eigenvalue weighted by atomic mass is 79.9. The van der Waals surface area contributed by atoms with E-state index >= 15 is 0 Å². The van der Waals surface area contributed by atoms with Crippen LogP contribution in [0, 0.1) is 12.8 Å². The van der Waals surface area contributed by atoms with Crippen molar-refractivity contribution in [1.82, 2.24) is 15.1 Å². The molecule has 0 spiro atoms. The highest BCUT2D eigenvalue weighted by molar-refractivity contribution is 9.10. The smallest absolute Gasteiger partial charge is 0.244 e. The molecule has 28 heavy (non-hydrogen) atoms. The average Bonchev–Trinajstić information content (AvgIpc) is 2.91. The maximum Gasteiger partial charge on any atom is 0.244 e. The SMILES string of the molecule is COc1cc(Br)c(CNC(=O)/C=C/c2c(C)nn(CC(C)C)c2Cl)cc1OC. The van der Waals surface area contributed by atoms with Crippen molar-refractivity contribution in [2.24, 2.45) is 5.92 Å². The number of halogens is 2. The molecule has 1 amide bonds. The number of methoxy groups -OCH3 is 2. The molecule has 0 aliphatic rings. The van der Waals surface area contributed by atoms with Crippen LogP contribution >= 0.6 is 27.5 Å². The molecule has 0 aliphatic heterocycles. The van der Waals surface area contributed by atoms with Crippen molar-refractivity contribution in [3.05, 3.63) is 44.7 Å². The van der Waals surface area contributed by atoms with Gasteiger partial charge in [-0.05, 0) is 36.6 Å². The van der Waals surface area contributed by atoms with Gasteiger partial charge in [0.05, 0.1) is 19.9 Å². The predicted molar refractivity (Wildman–Crippen MR) is 115 cm³/mol. The van der Waals surface area contributed by atoms with Gasteiger partial charge in [0.15, 0.2) is 11.5 Å². The molecule has 0 saturated carbocycles. The summed E-state index contributed by atoms with van der Waals surface area (Å²) < 4.78 is 13.1. The van der Waals surface area contributed by atoms with Crippen molar-refractivity contribution in [3.8, 4) is 11.5 Å². The number of rotatable bonds is 8. The van der Waals surface area contributed by atoms with Crippen LogP contribution in [0.4, 0.5) is 0 Å². The minimum Gasteiger partial charge on any atom is -0.493 e. The first-order valence-corrected chi connectivity index (χ1v) is 10.0. The normalized spacial score (nSPS) is 11.3. The fraction of sp³-hybridized carbons (Fsp3) is 0.400. The Hall–Kier alpha value is -1.99. The van der Waals surface area contributed by atoms with Gasteiger partial charge < -0.3 is 14.8 Å². The largest absolute Gasteiger partial charge is 0.493 e. The molecule has 0 fully saturated rings. The van der Waals surface area contributed by atoms with E-state index in [0.29, 0.717) is 29.1 Å². The zero-order valence-electron chi connectivity index (χ0n) is 16.7. The number of benzene rings is 1. The minimum absolute atomic E-state index is 0.228. The third-order valence-electron chi connectivity index (χ3n) is 4.05. The first kappa shape index (κ1) is 22.3. The lowest BCUT2D eigenvalue weighted by Gasteiger charge is -2.12. The van der Waals surface area contributed by atoms with E-state index in [1.54, 1.807) is 25.0 Å². The number of ether oxygens (including phenoxy) is 2. The molecule has 1 N–H and O–H groups in total. The Labute approximate surface area is 179 Å². The average molecular weight is 471 g/mol. The van der Waals surface area contributed by atoms with Crippen LogP contribution < -0.4 is 14.8 Å². The Bertz CT molecular complexity index is 878. The van der Waals surface area contributed by atoms with Gasteiger partial charge in [0.2, 0.25) is 5.91 Å². The molecule has 1 aromatic heterocycles. The number of nitrogens with one attached hydrogen (secondary N) is 1. The summed E-state index contributed by atoms with van der Waals surface area (Å²) in [5.74, 6) is 1.42. The third-order valence-corrected chi connectivity index (χ3v) is 5.19. The van der Waals surface area contributed by atoms with Crippen LogP contribution in [0.2, 0.25) is 5.15 Å². The monoisotopic (exact) mass is 469 g/mol. The molecule has 0 unspecified atom stereocenters. The van der Waals surface area contributed by atoms with Crippen LogP contribution in [-0.2, 0) is 17.9 Å². The van der Waals surface area contributed by atoms with Crippen LogP contribution in [0.15, 0.2) is 22.7 Å². The first-order chi connectivity index (χ1) is 13.3. The van der Waals surface area contributed by atoms with E-state index in [1.807, 2.05) is 19.1 Å². The molecule has 0 atom stereocenters. The van der Waals surface area contributed by atoms with Gasteiger partial charge in [0, 0.05) is 29.2 Å². The summed E-state index contributed by atoms with van der Waals surface area (Å²) in [6, 6.07) is 3.63. The van der Waals surface area contributed by atoms with Crippen LogP contribution in [0.3, 0.4) is 0 Å². The van der Waals surface area contributed by atoms with Gasteiger partial charge in [-0.3, -0.25) is 9.48 Å². The van der Waals surface area contributed by atoms with Crippen molar-refractivity contribution < 1.29 is 14.3 Å². The maximum absolute atomic E-state index is 12.2. The fourth-order valence-electron chi connectivity index (χ4n) is 2.66. The lowest BCUT2D eigenvalue weighted by Crippen LogP contribution is -2.20. The second-order valence-electron chi connectivity index (χ2n) is 6.72. The first-order valence-electron chi connectivity index (χ1n) is 8.86. The highest BCUT2D eigenvalue weighted by Crippen LogP contribution is 2.33. The van der Waals surface area contributed by atoms with E-state index in [4.69, 9.17) is 21.1 Å². The van der Waals surface area contributed by atoms with Crippen molar-refractivity contribution in [2.45, 2.75) is 33.9 Å². The van der Waals surface area contributed by atoms with Gasteiger partial charge in [-0.25, -0.2) is 0 Å². The number of carbonyl (C=O) groups excluding carboxylic acids is 1. The molecule has 2 rings (SSSR count). The summed E-state index contributed by atoms with van der Waals surface area (Å²) in [6.07, 6.45) is 3.16. The highest BCUT2D eigenvalue weighted by Gasteiger charge is 2.13. The Balaban J connectivity index is 2.06. The third kappa shape index (κ3) is 5.52. The fourth-order valence-corrected chi connectivity index (χ4v) is 3.42. The molecule has 152 valence electrons. The molecular weight excluding hydrogens is 446 g/mol. The minimum atomic E-state index is -0.228. The zero-order valence-corrected chi connectivity index (χ0v) is 19.0. The Kier molecular flexibility index (Phi) is 7.95.